The summed E-state index contributed by atoms with van der Waals surface area (Å²) in [5.74, 6) is 0.780. The Hall–Kier alpha value is -1.06. The largest absolute Gasteiger partial charge is 0.493 e. The summed E-state index contributed by atoms with van der Waals surface area (Å²) in [5, 5.41) is 13.7. The molecule has 0 bridgehead atoms. The molecule has 0 radical (unpaired) electrons. The van der Waals surface area contributed by atoms with Crippen LogP contribution < -0.4 is 10.1 Å². The third-order valence-electron chi connectivity index (χ3n) is 3.31. The minimum Gasteiger partial charge on any atom is -0.493 e. The lowest BCUT2D eigenvalue weighted by Crippen LogP contribution is -2.32. The molecule has 1 aromatic rings. The number of benzene rings is 1. The summed E-state index contributed by atoms with van der Waals surface area (Å²) in [7, 11) is 0. The molecule has 2 unspecified atom stereocenters. The van der Waals surface area contributed by atoms with Crippen molar-refractivity contribution in [1.29, 1.82) is 0 Å². The number of hydrogen-bond donors (Lipinski definition) is 2. The fourth-order valence-electron chi connectivity index (χ4n) is 2.23. The SMILES string of the molecule is CCCC(CC)NCC(O)c1ccccc1OCC. The first kappa shape index (κ1) is 16.0. The molecule has 0 saturated carbocycles. The van der Waals surface area contributed by atoms with Crippen LogP contribution in [0, 0.1) is 0 Å². The van der Waals surface area contributed by atoms with Gasteiger partial charge in [0.2, 0.25) is 0 Å². The van der Waals surface area contributed by atoms with Crippen LogP contribution in [0.25, 0.3) is 0 Å². The molecule has 0 aromatic heterocycles. The van der Waals surface area contributed by atoms with Crippen molar-refractivity contribution in [3.05, 3.63) is 29.8 Å². The van der Waals surface area contributed by atoms with Crippen molar-refractivity contribution in [3.63, 3.8) is 0 Å². The molecule has 0 spiro atoms. The first-order valence-corrected chi connectivity index (χ1v) is 7.36. The van der Waals surface area contributed by atoms with Crippen LogP contribution in [0.3, 0.4) is 0 Å². The molecular weight excluding hydrogens is 238 g/mol. The van der Waals surface area contributed by atoms with Gasteiger partial charge in [0.25, 0.3) is 0 Å². The average Bonchev–Trinajstić information content (AvgIpc) is 2.44. The minimum absolute atomic E-state index is 0.485. The van der Waals surface area contributed by atoms with E-state index in [2.05, 4.69) is 19.2 Å². The lowest BCUT2D eigenvalue weighted by atomic mass is 10.1. The van der Waals surface area contributed by atoms with Gasteiger partial charge in [0.15, 0.2) is 0 Å². The predicted octanol–water partition coefficient (Wildman–Crippen LogP) is 3.29. The first-order valence-electron chi connectivity index (χ1n) is 7.36. The van der Waals surface area contributed by atoms with Gasteiger partial charge in [-0.3, -0.25) is 0 Å². The molecule has 1 rings (SSSR count). The Morgan fingerprint density at radius 1 is 1.21 bits per heavy atom. The van der Waals surface area contributed by atoms with Crippen LogP contribution in [0.4, 0.5) is 0 Å². The van der Waals surface area contributed by atoms with E-state index in [1.54, 1.807) is 0 Å². The summed E-state index contributed by atoms with van der Waals surface area (Å²) >= 11 is 0. The zero-order chi connectivity index (χ0) is 14.1. The molecule has 0 saturated heterocycles. The molecule has 19 heavy (non-hydrogen) atoms. The Bertz CT molecular complexity index is 354. The summed E-state index contributed by atoms with van der Waals surface area (Å²) in [4.78, 5) is 0. The van der Waals surface area contributed by atoms with E-state index in [0.29, 0.717) is 19.2 Å². The normalized spacial score (nSPS) is 14.1. The highest BCUT2D eigenvalue weighted by Crippen LogP contribution is 2.24. The molecule has 0 aliphatic carbocycles. The Kier molecular flexibility index (Phi) is 7.53. The van der Waals surface area contributed by atoms with Crippen LogP contribution in [-0.2, 0) is 0 Å². The van der Waals surface area contributed by atoms with Gasteiger partial charge in [0, 0.05) is 18.2 Å². The summed E-state index contributed by atoms with van der Waals surface area (Å²) in [6, 6.07) is 8.19. The number of nitrogens with one attached hydrogen (secondary N) is 1. The standard InChI is InChI=1S/C16H27NO2/c1-4-9-13(5-2)17-12-15(18)14-10-7-8-11-16(14)19-6-3/h7-8,10-11,13,15,17-18H,4-6,9,12H2,1-3H3. The lowest BCUT2D eigenvalue weighted by Gasteiger charge is -2.20. The Labute approximate surface area is 117 Å². The molecule has 2 atom stereocenters. The lowest BCUT2D eigenvalue weighted by molar-refractivity contribution is 0.163. The zero-order valence-corrected chi connectivity index (χ0v) is 12.4. The quantitative estimate of drug-likeness (QED) is 0.720. The van der Waals surface area contributed by atoms with Gasteiger partial charge in [0.05, 0.1) is 12.7 Å². The van der Waals surface area contributed by atoms with Crippen molar-refractivity contribution in [2.45, 2.75) is 52.2 Å². The van der Waals surface area contributed by atoms with Crippen LogP contribution in [0.1, 0.15) is 51.7 Å². The van der Waals surface area contributed by atoms with E-state index < -0.39 is 6.10 Å². The molecule has 0 aliphatic rings. The van der Waals surface area contributed by atoms with Gasteiger partial charge in [-0.25, -0.2) is 0 Å². The highest BCUT2D eigenvalue weighted by molar-refractivity contribution is 5.35. The average molecular weight is 265 g/mol. The van der Waals surface area contributed by atoms with Crippen LogP contribution in [0.15, 0.2) is 24.3 Å². The van der Waals surface area contributed by atoms with Gasteiger partial charge in [0.1, 0.15) is 5.75 Å². The van der Waals surface area contributed by atoms with E-state index in [1.807, 2.05) is 31.2 Å². The molecule has 1 aromatic carbocycles. The third kappa shape index (κ3) is 5.21. The van der Waals surface area contributed by atoms with Crippen molar-refractivity contribution in [1.82, 2.24) is 5.32 Å². The Morgan fingerprint density at radius 3 is 2.58 bits per heavy atom. The Balaban J connectivity index is 2.59. The highest BCUT2D eigenvalue weighted by atomic mass is 16.5. The van der Waals surface area contributed by atoms with E-state index >= 15 is 0 Å². The van der Waals surface area contributed by atoms with Crippen LogP contribution in [-0.4, -0.2) is 24.3 Å². The number of hydrogen-bond acceptors (Lipinski definition) is 3. The summed E-state index contributed by atoms with van der Waals surface area (Å²) in [6.45, 7) is 7.50. The third-order valence-corrected chi connectivity index (χ3v) is 3.31. The van der Waals surface area contributed by atoms with Crippen molar-refractivity contribution in [2.75, 3.05) is 13.2 Å². The Morgan fingerprint density at radius 2 is 1.95 bits per heavy atom. The smallest absolute Gasteiger partial charge is 0.125 e. The fourth-order valence-corrected chi connectivity index (χ4v) is 2.23. The molecule has 108 valence electrons. The number of aliphatic hydroxyl groups excluding tert-OH is 1. The highest BCUT2D eigenvalue weighted by Gasteiger charge is 2.14. The van der Waals surface area contributed by atoms with Gasteiger partial charge in [-0.05, 0) is 25.8 Å². The topological polar surface area (TPSA) is 41.5 Å². The van der Waals surface area contributed by atoms with Crippen molar-refractivity contribution in [2.24, 2.45) is 0 Å². The van der Waals surface area contributed by atoms with Gasteiger partial charge >= 0.3 is 0 Å². The second kappa shape index (κ2) is 8.94. The predicted molar refractivity (Wildman–Crippen MR) is 79.6 cm³/mol. The van der Waals surface area contributed by atoms with E-state index in [4.69, 9.17) is 4.74 Å². The van der Waals surface area contributed by atoms with Crippen LogP contribution in [0.5, 0.6) is 5.75 Å². The molecule has 0 fully saturated rings. The maximum atomic E-state index is 10.3. The second-order valence-corrected chi connectivity index (χ2v) is 4.79. The molecule has 0 aliphatic heterocycles. The van der Waals surface area contributed by atoms with E-state index in [1.165, 1.54) is 0 Å². The molecule has 2 N–H and O–H groups in total. The van der Waals surface area contributed by atoms with Crippen molar-refractivity contribution in [3.8, 4) is 5.75 Å². The molecule has 3 heteroatoms. The van der Waals surface area contributed by atoms with E-state index in [0.717, 1.165) is 30.6 Å². The molecular formula is C16H27NO2. The zero-order valence-electron chi connectivity index (χ0n) is 12.4. The second-order valence-electron chi connectivity index (χ2n) is 4.79. The minimum atomic E-state index is -0.520. The van der Waals surface area contributed by atoms with Crippen molar-refractivity contribution >= 4 is 0 Å². The first-order chi connectivity index (χ1) is 9.22. The molecule has 0 amide bonds. The molecule has 0 heterocycles. The maximum Gasteiger partial charge on any atom is 0.125 e. The summed E-state index contributed by atoms with van der Waals surface area (Å²) in [6.07, 6.45) is 2.88. The number of rotatable bonds is 9. The number of para-hydroxylation sites is 1. The van der Waals surface area contributed by atoms with E-state index in [-0.39, 0.29) is 0 Å². The van der Waals surface area contributed by atoms with Crippen LogP contribution in [0.2, 0.25) is 0 Å². The monoisotopic (exact) mass is 265 g/mol. The van der Waals surface area contributed by atoms with Crippen molar-refractivity contribution < 1.29 is 9.84 Å². The summed E-state index contributed by atoms with van der Waals surface area (Å²) < 4.78 is 5.55. The van der Waals surface area contributed by atoms with Gasteiger partial charge in [-0.15, -0.1) is 0 Å². The molecule has 3 nitrogen and oxygen atoms in total. The van der Waals surface area contributed by atoms with E-state index in [9.17, 15) is 5.11 Å². The van der Waals surface area contributed by atoms with Crippen LogP contribution >= 0.6 is 0 Å². The number of ether oxygens (including phenoxy) is 1. The van der Waals surface area contributed by atoms with Gasteiger partial charge in [-0.1, -0.05) is 38.5 Å². The van der Waals surface area contributed by atoms with Gasteiger partial charge in [-0.2, -0.15) is 0 Å². The fraction of sp³-hybridized carbons (Fsp3) is 0.625. The summed E-state index contributed by atoms with van der Waals surface area (Å²) in [5.41, 5.74) is 0.864. The maximum absolute atomic E-state index is 10.3. The number of aliphatic hydroxyl groups is 1. The van der Waals surface area contributed by atoms with Gasteiger partial charge < -0.3 is 15.2 Å².